The summed E-state index contributed by atoms with van der Waals surface area (Å²) in [5.41, 5.74) is 6.71. The van der Waals surface area contributed by atoms with Gasteiger partial charge in [-0.05, 0) is 18.3 Å². The second kappa shape index (κ2) is 1.81. The Morgan fingerprint density at radius 1 is 1.62 bits per heavy atom. The van der Waals surface area contributed by atoms with Crippen LogP contribution in [0.25, 0.3) is 0 Å². The van der Waals surface area contributed by atoms with Crippen molar-refractivity contribution in [3.05, 3.63) is 11.8 Å². The van der Waals surface area contributed by atoms with E-state index in [-0.39, 0.29) is 0 Å². The Labute approximate surface area is 50.6 Å². The van der Waals surface area contributed by atoms with E-state index < -0.39 is 0 Å². The molecule has 0 amide bonds. The number of rotatable bonds is 0. The summed E-state index contributed by atoms with van der Waals surface area (Å²) >= 11 is 0. The number of hydrogen-bond donors (Lipinski definition) is 1. The highest BCUT2D eigenvalue weighted by atomic mass is 14.6. The molecule has 0 radical (unpaired) electrons. The largest absolute Gasteiger partial charge is 0.402 e. The average molecular weight is 111 g/mol. The Bertz CT molecular complexity index is 116. The Kier molecular flexibility index (Phi) is 1.28. The minimum atomic E-state index is 0.630. The van der Waals surface area contributed by atoms with Gasteiger partial charge < -0.3 is 5.73 Å². The lowest BCUT2D eigenvalue weighted by Crippen LogP contribution is -2.02. The molecule has 8 heavy (non-hydrogen) atoms. The third kappa shape index (κ3) is 0.857. The van der Waals surface area contributed by atoms with Crippen LogP contribution in [0.3, 0.4) is 0 Å². The highest BCUT2D eigenvalue weighted by molar-refractivity contribution is 5.09. The van der Waals surface area contributed by atoms with E-state index in [0.717, 1.165) is 5.70 Å². The molecule has 0 fully saturated rings. The molecule has 46 valence electrons. The monoisotopic (exact) mass is 111 g/mol. The summed E-state index contributed by atoms with van der Waals surface area (Å²) in [6.45, 7) is 4.38. The van der Waals surface area contributed by atoms with Crippen LogP contribution in [0.2, 0.25) is 0 Å². The van der Waals surface area contributed by atoms with Crippen molar-refractivity contribution in [2.24, 2.45) is 17.6 Å². The van der Waals surface area contributed by atoms with E-state index in [1.54, 1.807) is 0 Å². The van der Waals surface area contributed by atoms with Gasteiger partial charge in [-0.2, -0.15) is 0 Å². The lowest BCUT2D eigenvalue weighted by atomic mass is 10.1. The van der Waals surface area contributed by atoms with E-state index in [0.29, 0.717) is 11.8 Å². The van der Waals surface area contributed by atoms with E-state index in [9.17, 15) is 0 Å². The Morgan fingerprint density at radius 3 is 2.38 bits per heavy atom. The predicted octanol–water partition coefficient (Wildman–Crippen LogP) is 1.50. The van der Waals surface area contributed by atoms with Crippen LogP contribution in [0.15, 0.2) is 11.8 Å². The summed E-state index contributed by atoms with van der Waals surface area (Å²) in [5, 5.41) is 0. The highest BCUT2D eigenvalue weighted by Crippen LogP contribution is 2.25. The van der Waals surface area contributed by atoms with Crippen molar-refractivity contribution in [3.8, 4) is 0 Å². The summed E-state index contributed by atoms with van der Waals surface area (Å²) in [6.07, 6.45) is 3.40. The smallest absolute Gasteiger partial charge is 0.00716 e. The quantitative estimate of drug-likeness (QED) is 0.503. The topological polar surface area (TPSA) is 26.0 Å². The summed E-state index contributed by atoms with van der Waals surface area (Å²) in [6, 6.07) is 0. The van der Waals surface area contributed by atoms with Crippen LogP contribution in [0.4, 0.5) is 0 Å². The molecule has 0 heterocycles. The van der Waals surface area contributed by atoms with Gasteiger partial charge in [-0.25, -0.2) is 0 Å². The standard InChI is InChI=1S/C7H13N/c1-5-3-6(2)7(8)4-5/h4-6H,3,8H2,1-2H3. The molecule has 0 aromatic rings. The van der Waals surface area contributed by atoms with Gasteiger partial charge in [-0.15, -0.1) is 0 Å². The third-order valence-electron chi connectivity index (χ3n) is 1.77. The van der Waals surface area contributed by atoms with Crippen molar-refractivity contribution < 1.29 is 0 Å². The highest BCUT2D eigenvalue weighted by Gasteiger charge is 2.16. The van der Waals surface area contributed by atoms with Gasteiger partial charge in [0.1, 0.15) is 0 Å². The molecule has 2 atom stereocenters. The second-order valence-electron chi connectivity index (χ2n) is 2.78. The van der Waals surface area contributed by atoms with E-state index in [1.807, 2.05) is 0 Å². The van der Waals surface area contributed by atoms with Crippen molar-refractivity contribution in [3.63, 3.8) is 0 Å². The van der Waals surface area contributed by atoms with Gasteiger partial charge in [-0.3, -0.25) is 0 Å². The Hall–Kier alpha value is -0.460. The fraction of sp³-hybridized carbons (Fsp3) is 0.714. The summed E-state index contributed by atoms with van der Waals surface area (Å²) < 4.78 is 0. The van der Waals surface area contributed by atoms with Gasteiger partial charge in [0.25, 0.3) is 0 Å². The van der Waals surface area contributed by atoms with Crippen molar-refractivity contribution in [2.75, 3.05) is 0 Å². The molecule has 0 aliphatic heterocycles. The zero-order valence-corrected chi connectivity index (χ0v) is 5.52. The molecule has 0 saturated carbocycles. The van der Waals surface area contributed by atoms with Crippen LogP contribution in [-0.4, -0.2) is 0 Å². The maximum Gasteiger partial charge on any atom is 0.00716 e. The average Bonchev–Trinajstić information content (AvgIpc) is 1.85. The molecule has 0 aromatic heterocycles. The zero-order valence-electron chi connectivity index (χ0n) is 5.52. The molecule has 2 N–H and O–H groups in total. The van der Waals surface area contributed by atoms with Crippen LogP contribution in [-0.2, 0) is 0 Å². The normalized spacial score (nSPS) is 37.5. The van der Waals surface area contributed by atoms with Crippen molar-refractivity contribution in [1.29, 1.82) is 0 Å². The van der Waals surface area contributed by atoms with Crippen molar-refractivity contribution in [2.45, 2.75) is 20.3 Å². The van der Waals surface area contributed by atoms with Gasteiger partial charge in [-0.1, -0.05) is 19.9 Å². The van der Waals surface area contributed by atoms with Crippen LogP contribution < -0.4 is 5.73 Å². The fourth-order valence-electron chi connectivity index (χ4n) is 1.25. The molecule has 1 rings (SSSR count). The molecule has 1 aliphatic rings. The molecule has 0 spiro atoms. The second-order valence-corrected chi connectivity index (χ2v) is 2.78. The maximum atomic E-state index is 5.63. The van der Waals surface area contributed by atoms with Crippen molar-refractivity contribution in [1.82, 2.24) is 0 Å². The molecule has 1 nitrogen and oxygen atoms in total. The molecule has 2 unspecified atom stereocenters. The minimum Gasteiger partial charge on any atom is -0.402 e. The molecule has 1 aliphatic carbocycles. The molecular weight excluding hydrogens is 98.1 g/mol. The Balaban J connectivity index is 2.59. The fourth-order valence-corrected chi connectivity index (χ4v) is 1.25. The first-order valence-electron chi connectivity index (χ1n) is 3.17. The van der Waals surface area contributed by atoms with Gasteiger partial charge in [0, 0.05) is 5.70 Å². The van der Waals surface area contributed by atoms with Gasteiger partial charge >= 0.3 is 0 Å². The molecule has 0 saturated heterocycles. The van der Waals surface area contributed by atoms with E-state index in [4.69, 9.17) is 5.73 Å². The van der Waals surface area contributed by atoms with Crippen LogP contribution in [0.1, 0.15) is 20.3 Å². The predicted molar refractivity (Wildman–Crippen MR) is 35.2 cm³/mol. The molecule has 0 bridgehead atoms. The summed E-state index contributed by atoms with van der Waals surface area (Å²) in [4.78, 5) is 0. The van der Waals surface area contributed by atoms with Gasteiger partial charge in [0.2, 0.25) is 0 Å². The number of allylic oxidation sites excluding steroid dienone is 2. The summed E-state index contributed by atoms with van der Waals surface area (Å²) in [5.74, 6) is 1.34. The molecule has 1 heteroatoms. The van der Waals surface area contributed by atoms with E-state index in [2.05, 4.69) is 19.9 Å². The minimum absolute atomic E-state index is 0.630. The molecule has 0 aromatic carbocycles. The maximum absolute atomic E-state index is 5.63. The van der Waals surface area contributed by atoms with Gasteiger partial charge in [0.15, 0.2) is 0 Å². The van der Waals surface area contributed by atoms with E-state index in [1.165, 1.54) is 6.42 Å². The van der Waals surface area contributed by atoms with Gasteiger partial charge in [0.05, 0.1) is 0 Å². The first kappa shape index (κ1) is 5.67. The Morgan fingerprint density at radius 2 is 2.25 bits per heavy atom. The third-order valence-corrected chi connectivity index (χ3v) is 1.77. The van der Waals surface area contributed by atoms with Crippen LogP contribution >= 0.6 is 0 Å². The van der Waals surface area contributed by atoms with Crippen LogP contribution in [0.5, 0.6) is 0 Å². The lowest BCUT2D eigenvalue weighted by molar-refractivity contribution is 0.574. The van der Waals surface area contributed by atoms with Crippen molar-refractivity contribution >= 4 is 0 Å². The van der Waals surface area contributed by atoms with Crippen LogP contribution in [0, 0.1) is 11.8 Å². The zero-order chi connectivity index (χ0) is 6.15. The number of nitrogens with two attached hydrogens (primary N) is 1. The first-order chi connectivity index (χ1) is 3.70. The summed E-state index contributed by atoms with van der Waals surface area (Å²) in [7, 11) is 0. The number of hydrogen-bond acceptors (Lipinski definition) is 1. The van der Waals surface area contributed by atoms with E-state index >= 15 is 0 Å². The SMILES string of the molecule is CC1C=C(N)C(C)C1. The first-order valence-corrected chi connectivity index (χ1v) is 3.17. The lowest BCUT2D eigenvalue weighted by Gasteiger charge is -2.01. The molecular formula is C7H13N.